The molecule has 1 aliphatic carbocycles. The maximum Gasteiger partial charge on any atom is 0.118 e. The monoisotopic (exact) mass is 343 g/mol. The third-order valence-corrected chi connectivity index (χ3v) is 5.30. The van der Waals surface area contributed by atoms with Crippen LogP contribution in [0.1, 0.15) is 48.5 Å². The Morgan fingerprint density at radius 2 is 1.42 bits per heavy atom. The lowest BCUT2D eigenvalue weighted by Crippen LogP contribution is -2.26. The largest absolute Gasteiger partial charge is 0.497 e. The van der Waals surface area contributed by atoms with Crippen molar-refractivity contribution in [3.63, 3.8) is 0 Å². The van der Waals surface area contributed by atoms with Crippen molar-refractivity contribution in [1.82, 2.24) is 5.32 Å². The Hall–Kier alpha value is -2.58. The number of methoxy groups -OCH3 is 1. The summed E-state index contributed by atoms with van der Waals surface area (Å²) in [5, 5.41) is 3.94. The highest BCUT2D eigenvalue weighted by Crippen LogP contribution is 2.44. The van der Waals surface area contributed by atoms with Crippen LogP contribution >= 0.6 is 0 Å². The van der Waals surface area contributed by atoms with Gasteiger partial charge in [-0.05, 0) is 46.4 Å². The minimum absolute atomic E-state index is 0.237. The van der Waals surface area contributed by atoms with Crippen LogP contribution in [0.25, 0.3) is 11.1 Å². The zero-order valence-corrected chi connectivity index (χ0v) is 15.4. The SMILES string of the molecule is CCC[C@H](NC1c2ccccc2-c2ccccc21)c1ccc(OC)cc1. The van der Waals surface area contributed by atoms with E-state index in [9.17, 15) is 0 Å². The highest BCUT2D eigenvalue weighted by Gasteiger charge is 2.29. The molecule has 0 aliphatic heterocycles. The Morgan fingerprint density at radius 3 is 1.96 bits per heavy atom. The van der Waals surface area contributed by atoms with Crippen LogP contribution in [0.4, 0.5) is 0 Å². The molecule has 3 aromatic rings. The second kappa shape index (κ2) is 7.35. The Morgan fingerprint density at radius 1 is 0.846 bits per heavy atom. The molecule has 0 radical (unpaired) electrons. The van der Waals surface area contributed by atoms with Gasteiger partial charge >= 0.3 is 0 Å². The van der Waals surface area contributed by atoms with Crippen molar-refractivity contribution in [2.24, 2.45) is 0 Å². The van der Waals surface area contributed by atoms with Gasteiger partial charge in [0.05, 0.1) is 13.2 Å². The fourth-order valence-corrected chi connectivity index (χ4v) is 4.01. The fraction of sp³-hybridized carbons (Fsp3) is 0.250. The van der Waals surface area contributed by atoms with Crippen LogP contribution in [-0.4, -0.2) is 7.11 Å². The molecule has 3 aromatic carbocycles. The molecule has 0 unspecified atom stereocenters. The summed E-state index contributed by atoms with van der Waals surface area (Å²) in [6, 6.07) is 26.5. The lowest BCUT2D eigenvalue weighted by molar-refractivity contribution is 0.413. The fourth-order valence-electron chi connectivity index (χ4n) is 4.01. The minimum Gasteiger partial charge on any atom is -0.497 e. The first-order valence-electron chi connectivity index (χ1n) is 9.40. The quantitative estimate of drug-likeness (QED) is 0.602. The molecule has 1 aliphatic rings. The van der Waals surface area contributed by atoms with Gasteiger partial charge < -0.3 is 4.74 Å². The van der Waals surface area contributed by atoms with Gasteiger partial charge in [-0.1, -0.05) is 74.0 Å². The summed E-state index contributed by atoms with van der Waals surface area (Å²) in [6.07, 6.45) is 2.24. The summed E-state index contributed by atoms with van der Waals surface area (Å²) in [5.74, 6) is 0.903. The first kappa shape index (κ1) is 16.9. The zero-order valence-electron chi connectivity index (χ0n) is 15.4. The summed E-state index contributed by atoms with van der Waals surface area (Å²) in [6.45, 7) is 2.24. The third-order valence-electron chi connectivity index (χ3n) is 5.30. The molecule has 0 fully saturated rings. The van der Waals surface area contributed by atoms with E-state index in [4.69, 9.17) is 4.74 Å². The molecule has 0 aromatic heterocycles. The van der Waals surface area contributed by atoms with Crippen LogP contribution in [0.3, 0.4) is 0 Å². The van der Waals surface area contributed by atoms with Gasteiger partial charge in [0.2, 0.25) is 0 Å². The summed E-state index contributed by atoms with van der Waals surface area (Å²) in [4.78, 5) is 0. The van der Waals surface area contributed by atoms with E-state index in [0.29, 0.717) is 6.04 Å². The zero-order chi connectivity index (χ0) is 17.9. The summed E-state index contributed by atoms with van der Waals surface area (Å²) in [5.41, 5.74) is 6.78. The van der Waals surface area contributed by atoms with Crippen molar-refractivity contribution in [1.29, 1.82) is 0 Å². The van der Waals surface area contributed by atoms with Crippen LogP contribution in [0.15, 0.2) is 72.8 Å². The van der Waals surface area contributed by atoms with E-state index in [1.165, 1.54) is 27.8 Å². The normalized spacial score (nSPS) is 13.9. The molecule has 2 nitrogen and oxygen atoms in total. The van der Waals surface area contributed by atoms with E-state index in [2.05, 4.69) is 85.0 Å². The number of ether oxygens (including phenoxy) is 1. The molecule has 1 atom stereocenters. The number of fused-ring (bicyclic) bond motifs is 3. The molecule has 0 spiro atoms. The van der Waals surface area contributed by atoms with E-state index in [-0.39, 0.29) is 6.04 Å². The highest BCUT2D eigenvalue weighted by atomic mass is 16.5. The van der Waals surface area contributed by atoms with Gasteiger partial charge in [0, 0.05) is 6.04 Å². The van der Waals surface area contributed by atoms with E-state index in [0.717, 1.165) is 18.6 Å². The van der Waals surface area contributed by atoms with Crippen LogP contribution in [0.2, 0.25) is 0 Å². The van der Waals surface area contributed by atoms with Crippen molar-refractivity contribution in [2.75, 3.05) is 7.11 Å². The molecule has 0 amide bonds. The molecule has 4 rings (SSSR count). The van der Waals surface area contributed by atoms with Crippen LogP contribution in [-0.2, 0) is 0 Å². The average molecular weight is 343 g/mol. The average Bonchev–Trinajstić information content (AvgIpc) is 3.02. The molecule has 0 saturated carbocycles. The molecule has 0 saturated heterocycles. The van der Waals surface area contributed by atoms with Crippen molar-refractivity contribution in [3.8, 4) is 16.9 Å². The molecule has 1 N–H and O–H groups in total. The topological polar surface area (TPSA) is 21.3 Å². The van der Waals surface area contributed by atoms with Gasteiger partial charge in [0.15, 0.2) is 0 Å². The second-order valence-corrected chi connectivity index (χ2v) is 6.89. The van der Waals surface area contributed by atoms with Crippen LogP contribution in [0.5, 0.6) is 5.75 Å². The van der Waals surface area contributed by atoms with Gasteiger partial charge in [-0.2, -0.15) is 0 Å². The standard InChI is InChI=1S/C24H25NO/c1-3-8-23(17-13-15-18(26-2)16-14-17)25-24-21-11-6-4-9-19(21)20-10-5-7-12-22(20)24/h4-7,9-16,23-25H,3,8H2,1-2H3/t23-/m0/s1. The Balaban J connectivity index is 1.69. The maximum absolute atomic E-state index is 5.31. The lowest BCUT2D eigenvalue weighted by Gasteiger charge is -2.25. The molecule has 132 valence electrons. The van der Waals surface area contributed by atoms with Crippen LogP contribution in [0, 0.1) is 0 Å². The van der Waals surface area contributed by atoms with Gasteiger partial charge in [-0.15, -0.1) is 0 Å². The molecular formula is C24H25NO. The van der Waals surface area contributed by atoms with Crippen molar-refractivity contribution in [3.05, 3.63) is 89.5 Å². The van der Waals surface area contributed by atoms with Gasteiger partial charge in [-0.25, -0.2) is 0 Å². The van der Waals surface area contributed by atoms with E-state index in [1.807, 2.05) is 0 Å². The van der Waals surface area contributed by atoms with E-state index in [1.54, 1.807) is 7.11 Å². The van der Waals surface area contributed by atoms with Gasteiger partial charge in [-0.3, -0.25) is 5.32 Å². The third kappa shape index (κ3) is 3.02. The van der Waals surface area contributed by atoms with Crippen molar-refractivity contribution >= 4 is 0 Å². The molecule has 0 bridgehead atoms. The lowest BCUT2D eigenvalue weighted by atomic mass is 9.98. The number of nitrogens with one attached hydrogen (secondary N) is 1. The Kier molecular flexibility index (Phi) is 4.77. The van der Waals surface area contributed by atoms with Crippen LogP contribution < -0.4 is 10.1 Å². The second-order valence-electron chi connectivity index (χ2n) is 6.89. The maximum atomic E-state index is 5.31. The number of hydrogen-bond donors (Lipinski definition) is 1. The van der Waals surface area contributed by atoms with Crippen molar-refractivity contribution in [2.45, 2.75) is 31.8 Å². The number of rotatable bonds is 6. The van der Waals surface area contributed by atoms with Gasteiger partial charge in [0.1, 0.15) is 5.75 Å². The first-order chi connectivity index (χ1) is 12.8. The predicted octanol–water partition coefficient (Wildman–Crippen LogP) is 5.90. The van der Waals surface area contributed by atoms with Crippen molar-refractivity contribution < 1.29 is 4.74 Å². The highest BCUT2D eigenvalue weighted by molar-refractivity contribution is 5.78. The first-order valence-corrected chi connectivity index (χ1v) is 9.40. The Labute approximate surface area is 155 Å². The molecule has 26 heavy (non-hydrogen) atoms. The Bertz CT molecular complexity index is 839. The smallest absolute Gasteiger partial charge is 0.118 e. The number of hydrogen-bond acceptors (Lipinski definition) is 2. The molecule has 0 heterocycles. The summed E-state index contributed by atoms with van der Waals surface area (Å²) in [7, 11) is 1.71. The minimum atomic E-state index is 0.237. The molecule has 2 heteroatoms. The van der Waals surface area contributed by atoms with E-state index >= 15 is 0 Å². The van der Waals surface area contributed by atoms with Gasteiger partial charge in [0.25, 0.3) is 0 Å². The van der Waals surface area contributed by atoms with E-state index < -0.39 is 0 Å². The number of benzene rings is 3. The predicted molar refractivity (Wildman–Crippen MR) is 107 cm³/mol. The summed E-state index contributed by atoms with van der Waals surface area (Å²) < 4.78 is 5.31. The molecular weight excluding hydrogens is 318 g/mol. The summed E-state index contributed by atoms with van der Waals surface area (Å²) >= 11 is 0.